The van der Waals surface area contributed by atoms with Gasteiger partial charge in [0, 0.05) is 25.5 Å². The number of carbonyl (C=O) groups is 1. The first-order valence-corrected chi connectivity index (χ1v) is 7.32. The van der Waals surface area contributed by atoms with E-state index in [1.54, 1.807) is 48.2 Å². The highest BCUT2D eigenvalue weighted by Crippen LogP contribution is 2.12. The standard InChI is InChI=1S/C15H17N7O2/c1-21(9-13(23)17-12-6-8-22(2)19-12)10-14-18-15(20-24-14)11-5-3-4-7-16-11/h3-8H,9-10H2,1-2H3,(H,17,19,23). The minimum atomic E-state index is -0.166. The molecular weight excluding hydrogens is 310 g/mol. The highest BCUT2D eigenvalue weighted by atomic mass is 16.5. The molecule has 3 aromatic rings. The quantitative estimate of drug-likeness (QED) is 0.718. The number of likely N-dealkylation sites (N-methyl/N-ethyl adjacent to an activating group) is 1. The fourth-order valence-corrected chi connectivity index (χ4v) is 2.11. The highest BCUT2D eigenvalue weighted by molar-refractivity contribution is 5.91. The van der Waals surface area contributed by atoms with Crippen molar-refractivity contribution in [2.45, 2.75) is 6.54 Å². The Kier molecular flexibility index (Phi) is 4.62. The van der Waals surface area contributed by atoms with Gasteiger partial charge in [-0.2, -0.15) is 10.1 Å². The molecule has 0 aliphatic heterocycles. The van der Waals surface area contributed by atoms with Gasteiger partial charge in [-0.25, -0.2) is 0 Å². The number of carbonyl (C=O) groups excluding carboxylic acids is 1. The first kappa shape index (κ1) is 15.8. The van der Waals surface area contributed by atoms with Crippen molar-refractivity contribution in [3.05, 3.63) is 42.5 Å². The molecule has 3 rings (SSSR count). The number of hydrogen-bond donors (Lipinski definition) is 1. The van der Waals surface area contributed by atoms with Crippen molar-refractivity contribution in [1.82, 2.24) is 29.8 Å². The van der Waals surface area contributed by atoms with Gasteiger partial charge in [-0.3, -0.25) is 19.4 Å². The Morgan fingerprint density at radius 3 is 2.96 bits per heavy atom. The summed E-state index contributed by atoms with van der Waals surface area (Å²) in [5.41, 5.74) is 0.642. The van der Waals surface area contributed by atoms with Crippen LogP contribution in [-0.2, 0) is 18.4 Å². The lowest BCUT2D eigenvalue weighted by molar-refractivity contribution is -0.117. The maximum Gasteiger partial charge on any atom is 0.241 e. The molecule has 9 heteroatoms. The van der Waals surface area contributed by atoms with Crippen LogP contribution in [-0.4, -0.2) is 49.3 Å². The molecule has 3 heterocycles. The molecule has 1 amide bonds. The van der Waals surface area contributed by atoms with Crippen molar-refractivity contribution >= 4 is 11.7 Å². The lowest BCUT2D eigenvalue weighted by atomic mass is 10.3. The maximum atomic E-state index is 12.0. The molecule has 0 bridgehead atoms. The Balaban J connectivity index is 1.54. The number of pyridine rings is 1. The van der Waals surface area contributed by atoms with Gasteiger partial charge in [0.15, 0.2) is 5.82 Å². The summed E-state index contributed by atoms with van der Waals surface area (Å²) >= 11 is 0. The van der Waals surface area contributed by atoms with Crippen LogP contribution in [0.25, 0.3) is 11.5 Å². The van der Waals surface area contributed by atoms with Crippen molar-refractivity contribution in [2.75, 3.05) is 18.9 Å². The zero-order valence-corrected chi connectivity index (χ0v) is 13.4. The van der Waals surface area contributed by atoms with Gasteiger partial charge in [0.05, 0.1) is 13.1 Å². The molecule has 0 saturated heterocycles. The monoisotopic (exact) mass is 327 g/mol. The number of hydrogen-bond acceptors (Lipinski definition) is 7. The predicted octanol–water partition coefficient (Wildman–Crippen LogP) is 0.936. The van der Waals surface area contributed by atoms with Gasteiger partial charge in [0.1, 0.15) is 5.69 Å². The molecule has 0 radical (unpaired) electrons. The molecule has 3 aromatic heterocycles. The fraction of sp³-hybridized carbons (Fsp3) is 0.267. The van der Waals surface area contributed by atoms with E-state index in [0.717, 1.165) is 0 Å². The number of amides is 1. The van der Waals surface area contributed by atoms with Crippen molar-refractivity contribution in [2.24, 2.45) is 7.05 Å². The van der Waals surface area contributed by atoms with E-state index in [9.17, 15) is 4.79 Å². The summed E-state index contributed by atoms with van der Waals surface area (Å²) in [6.45, 7) is 0.535. The molecule has 0 aromatic carbocycles. The number of nitrogens with zero attached hydrogens (tertiary/aromatic N) is 6. The van der Waals surface area contributed by atoms with Crippen LogP contribution in [0.4, 0.5) is 5.82 Å². The van der Waals surface area contributed by atoms with Crippen LogP contribution in [0.5, 0.6) is 0 Å². The van der Waals surface area contributed by atoms with E-state index in [2.05, 4.69) is 25.5 Å². The first-order chi connectivity index (χ1) is 11.6. The molecule has 0 aliphatic carbocycles. The summed E-state index contributed by atoms with van der Waals surface area (Å²) in [5, 5.41) is 10.7. The Hall–Kier alpha value is -3.07. The lowest BCUT2D eigenvalue weighted by Gasteiger charge is -2.12. The number of rotatable bonds is 6. The molecular formula is C15H17N7O2. The first-order valence-electron chi connectivity index (χ1n) is 7.32. The van der Waals surface area contributed by atoms with E-state index in [1.165, 1.54) is 0 Å². The Morgan fingerprint density at radius 2 is 2.25 bits per heavy atom. The predicted molar refractivity (Wildman–Crippen MR) is 85.7 cm³/mol. The number of anilines is 1. The third-order valence-electron chi connectivity index (χ3n) is 3.16. The molecule has 124 valence electrons. The molecule has 0 unspecified atom stereocenters. The van der Waals surface area contributed by atoms with Gasteiger partial charge >= 0.3 is 0 Å². The summed E-state index contributed by atoms with van der Waals surface area (Å²) in [6.07, 6.45) is 3.43. The van der Waals surface area contributed by atoms with Crippen LogP contribution in [0.1, 0.15) is 5.89 Å². The zero-order valence-electron chi connectivity index (χ0n) is 13.4. The van der Waals surface area contributed by atoms with E-state index >= 15 is 0 Å². The second kappa shape index (κ2) is 7.01. The minimum Gasteiger partial charge on any atom is -0.337 e. The molecule has 0 atom stereocenters. The average Bonchev–Trinajstić information content (AvgIpc) is 3.17. The van der Waals surface area contributed by atoms with E-state index < -0.39 is 0 Å². The van der Waals surface area contributed by atoms with Gasteiger partial charge < -0.3 is 9.84 Å². The minimum absolute atomic E-state index is 0.166. The summed E-state index contributed by atoms with van der Waals surface area (Å²) in [7, 11) is 3.58. The maximum absolute atomic E-state index is 12.0. The normalized spacial score (nSPS) is 11.0. The second-order valence-corrected chi connectivity index (χ2v) is 5.32. The summed E-state index contributed by atoms with van der Waals surface area (Å²) in [4.78, 5) is 22.2. The Labute approximate surface area is 138 Å². The van der Waals surface area contributed by atoms with Crippen LogP contribution in [0, 0.1) is 0 Å². The van der Waals surface area contributed by atoms with Gasteiger partial charge in [0.25, 0.3) is 0 Å². The Bertz CT molecular complexity index is 812. The van der Waals surface area contributed by atoms with E-state index in [4.69, 9.17) is 4.52 Å². The molecule has 0 saturated carbocycles. The molecule has 24 heavy (non-hydrogen) atoms. The molecule has 0 aliphatic rings. The fourth-order valence-electron chi connectivity index (χ4n) is 2.11. The van der Waals surface area contributed by atoms with E-state index in [0.29, 0.717) is 29.8 Å². The van der Waals surface area contributed by atoms with Crippen LogP contribution in [0.2, 0.25) is 0 Å². The smallest absolute Gasteiger partial charge is 0.241 e. The third kappa shape index (κ3) is 4.02. The van der Waals surface area contributed by atoms with Gasteiger partial charge in [-0.05, 0) is 19.2 Å². The SMILES string of the molecule is CN(CC(=O)Nc1ccn(C)n1)Cc1nc(-c2ccccn2)no1. The third-order valence-corrected chi connectivity index (χ3v) is 3.16. The summed E-state index contributed by atoms with van der Waals surface area (Å²) in [5.74, 6) is 1.20. The Morgan fingerprint density at radius 1 is 1.38 bits per heavy atom. The largest absolute Gasteiger partial charge is 0.337 e. The van der Waals surface area contributed by atoms with Crippen molar-refractivity contribution < 1.29 is 9.32 Å². The van der Waals surface area contributed by atoms with E-state index in [1.807, 2.05) is 12.1 Å². The van der Waals surface area contributed by atoms with Gasteiger partial charge in [0.2, 0.25) is 17.6 Å². The van der Waals surface area contributed by atoms with Crippen LogP contribution in [0.3, 0.4) is 0 Å². The topological polar surface area (TPSA) is 102 Å². The molecule has 9 nitrogen and oxygen atoms in total. The van der Waals surface area contributed by atoms with Gasteiger partial charge in [-0.15, -0.1) is 0 Å². The number of aromatic nitrogens is 5. The van der Waals surface area contributed by atoms with Gasteiger partial charge in [-0.1, -0.05) is 11.2 Å². The van der Waals surface area contributed by atoms with Crippen molar-refractivity contribution in [3.8, 4) is 11.5 Å². The van der Waals surface area contributed by atoms with Crippen LogP contribution >= 0.6 is 0 Å². The highest BCUT2D eigenvalue weighted by Gasteiger charge is 2.14. The number of nitrogens with one attached hydrogen (secondary N) is 1. The zero-order chi connectivity index (χ0) is 16.9. The molecule has 1 N–H and O–H groups in total. The van der Waals surface area contributed by atoms with Crippen molar-refractivity contribution in [1.29, 1.82) is 0 Å². The molecule has 0 spiro atoms. The van der Waals surface area contributed by atoms with Crippen LogP contribution in [0.15, 0.2) is 41.2 Å². The second-order valence-electron chi connectivity index (χ2n) is 5.32. The average molecular weight is 327 g/mol. The number of aryl methyl sites for hydroxylation is 1. The lowest BCUT2D eigenvalue weighted by Crippen LogP contribution is -2.30. The summed E-state index contributed by atoms with van der Waals surface area (Å²) in [6, 6.07) is 7.21. The van der Waals surface area contributed by atoms with Crippen LogP contribution < -0.4 is 5.32 Å². The molecule has 0 fully saturated rings. The summed E-state index contributed by atoms with van der Waals surface area (Å²) < 4.78 is 6.82. The van der Waals surface area contributed by atoms with E-state index in [-0.39, 0.29) is 12.5 Å². The van der Waals surface area contributed by atoms with Crippen molar-refractivity contribution in [3.63, 3.8) is 0 Å².